The normalized spacial score (nSPS) is 27.1. The van der Waals surface area contributed by atoms with Gasteiger partial charge >= 0.3 is 0 Å². The number of nitrogens with one attached hydrogen (secondary N) is 2. The second kappa shape index (κ2) is 4.81. The molecule has 1 saturated carbocycles. The molecule has 0 saturated heterocycles. The first-order chi connectivity index (χ1) is 8.74. The molecule has 3 nitrogen and oxygen atoms in total. The van der Waals surface area contributed by atoms with Crippen molar-refractivity contribution in [2.24, 2.45) is 5.92 Å². The second-order valence-corrected chi connectivity index (χ2v) is 5.61. The van der Waals surface area contributed by atoms with E-state index in [1.807, 2.05) is 18.2 Å². The van der Waals surface area contributed by atoms with Crippen LogP contribution >= 0.6 is 11.6 Å². The first-order valence-corrected chi connectivity index (χ1v) is 6.99. The van der Waals surface area contributed by atoms with Crippen LogP contribution in [0.1, 0.15) is 32.1 Å². The van der Waals surface area contributed by atoms with Gasteiger partial charge in [0, 0.05) is 11.1 Å². The predicted molar refractivity (Wildman–Crippen MR) is 74.1 cm³/mol. The molecule has 4 heteroatoms. The Morgan fingerprint density at radius 3 is 2.83 bits per heavy atom. The highest BCUT2D eigenvalue weighted by atomic mass is 35.5. The number of anilines is 2. The van der Waals surface area contributed by atoms with E-state index in [9.17, 15) is 4.79 Å². The second-order valence-electron chi connectivity index (χ2n) is 5.17. The first kappa shape index (κ1) is 11.8. The van der Waals surface area contributed by atoms with E-state index in [0.717, 1.165) is 30.6 Å². The molecule has 0 aromatic heterocycles. The van der Waals surface area contributed by atoms with Crippen LogP contribution < -0.4 is 10.6 Å². The highest BCUT2D eigenvalue weighted by Crippen LogP contribution is 2.35. The summed E-state index contributed by atoms with van der Waals surface area (Å²) in [6, 6.07) is 5.81. The quantitative estimate of drug-likeness (QED) is 0.751. The largest absolute Gasteiger partial charge is 0.380 e. The van der Waals surface area contributed by atoms with Gasteiger partial charge in [0.05, 0.1) is 17.3 Å². The molecule has 1 aromatic carbocycles. The number of carbonyl (C=O) groups excluding carboxylic acids is 1. The average Bonchev–Trinajstić information content (AvgIpc) is 2.63. The Bertz CT molecular complexity index is 475. The highest BCUT2D eigenvalue weighted by molar-refractivity contribution is 6.31. The highest BCUT2D eigenvalue weighted by Gasteiger charge is 2.32. The maximum atomic E-state index is 12.3. The summed E-state index contributed by atoms with van der Waals surface area (Å²) in [6.07, 6.45) is 5.60. The molecule has 1 amide bonds. The predicted octanol–water partition coefficient (Wildman–Crippen LogP) is 3.65. The molecular weight excluding hydrogens is 248 g/mol. The molecule has 2 atom stereocenters. The zero-order valence-corrected chi connectivity index (χ0v) is 11.0. The lowest BCUT2D eigenvalue weighted by molar-refractivity contribution is -0.120. The summed E-state index contributed by atoms with van der Waals surface area (Å²) < 4.78 is 0. The third-order valence-corrected chi connectivity index (χ3v) is 4.17. The van der Waals surface area contributed by atoms with Crippen LogP contribution in [0.3, 0.4) is 0 Å². The number of benzene rings is 1. The van der Waals surface area contributed by atoms with E-state index in [-0.39, 0.29) is 17.9 Å². The maximum Gasteiger partial charge on any atom is 0.229 e. The number of hydrogen-bond donors (Lipinski definition) is 2. The molecule has 2 unspecified atom stereocenters. The van der Waals surface area contributed by atoms with Gasteiger partial charge in [-0.2, -0.15) is 0 Å². The number of amides is 1. The molecule has 18 heavy (non-hydrogen) atoms. The molecule has 1 aliphatic carbocycles. The molecule has 1 fully saturated rings. The summed E-state index contributed by atoms with van der Waals surface area (Å²) in [6.45, 7) is 0. The minimum atomic E-state index is 0.0821. The molecule has 1 heterocycles. The summed E-state index contributed by atoms with van der Waals surface area (Å²) >= 11 is 6.02. The van der Waals surface area contributed by atoms with E-state index < -0.39 is 0 Å². The van der Waals surface area contributed by atoms with E-state index in [1.165, 1.54) is 12.8 Å². The Morgan fingerprint density at radius 1 is 1.11 bits per heavy atom. The van der Waals surface area contributed by atoms with Gasteiger partial charge in [-0.05, 0) is 31.0 Å². The van der Waals surface area contributed by atoms with E-state index in [2.05, 4.69) is 10.6 Å². The lowest BCUT2D eigenvalue weighted by Crippen LogP contribution is -2.34. The SMILES string of the molecule is O=C1Nc2ccc(Cl)cc2NC2CCCCCC12. The third kappa shape index (κ3) is 2.19. The molecule has 1 aromatic rings. The van der Waals surface area contributed by atoms with Crippen molar-refractivity contribution >= 4 is 28.9 Å². The Kier molecular flexibility index (Phi) is 3.16. The van der Waals surface area contributed by atoms with Crippen molar-refractivity contribution in [3.05, 3.63) is 23.2 Å². The molecular formula is C14H17ClN2O. The van der Waals surface area contributed by atoms with Gasteiger partial charge in [-0.15, -0.1) is 0 Å². The molecule has 2 N–H and O–H groups in total. The number of halogens is 1. The summed E-state index contributed by atoms with van der Waals surface area (Å²) in [5.74, 6) is 0.231. The van der Waals surface area contributed by atoms with Gasteiger partial charge in [0.25, 0.3) is 0 Å². The van der Waals surface area contributed by atoms with Crippen molar-refractivity contribution in [1.82, 2.24) is 0 Å². The molecule has 1 aliphatic heterocycles. The van der Waals surface area contributed by atoms with E-state index >= 15 is 0 Å². The van der Waals surface area contributed by atoms with Crippen LogP contribution in [0.25, 0.3) is 0 Å². The van der Waals surface area contributed by atoms with Crippen LogP contribution in [0.5, 0.6) is 0 Å². The van der Waals surface area contributed by atoms with Gasteiger partial charge in [-0.3, -0.25) is 4.79 Å². The van der Waals surface area contributed by atoms with Crippen molar-refractivity contribution in [1.29, 1.82) is 0 Å². The van der Waals surface area contributed by atoms with E-state index in [4.69, 9.17) is 11.6 Å². The van der Waals surface area contributed by atoms with Gasteiger partial charge in [-0.25, -0.2) is 0 Å². The minimum absolute atomic E-state index is 0.0821. The van der Waals surface area contributed by atoms with Crippen LogP contribution in [-0.2, 0) is 4.79 Å². The Labute approximate surface area is 112 Å². The Balaban J connectivity index is 1.96. The summed E-state index contributed by atoms with van der Waals surface area (Å²) in [4.78, 5) is 12.3. The standard InChI is InChI=1S/C14H17ClN2O/c15-9-6-7-12-13(8-9)16-11-5-3-1-2-4-10(11)14(18)17-12/h6-8,10-11,16H,1-5H2,(H,17,18). The van der Waals surface area contributed by atoms with Gasteiger partial charge < -0.3 is 10.6 Å². The maximum absolute atomic E-state index is 12.3. The first-order valence-electron chi connectivity index (χ1n) is 6.61. The molecule has 96 valence electrons. The van der Waals surface area contributed by atoms with Crippen LogP contribution in [0.15, 0.2) is 18.2 Å². The molecule has 0 bridgehead atoms. The summed E-state index contributed by atoms with van der Waals surface area (Å²) in [5.41, 5.74) is 1.79. The zero-order chi connectivity index (χ0) is 12.5. The summed E-state index contributed by atoms with van der Waals surface area (Å²) in [5, 5.41) is 7.22. The van der Waals surface area contributed by atoms with Gasteiger partial charge in [-0.1, -0.05) is 30.9 Å². The van der Waals surface area contributed by atoms with Crippen LogP contribution in [0.4, 0.5) is 11.4 Å². The van der Waals surface area contributed by atoms with Crippen LogP contribution in [0, 0.1) is 5.92 Å². The topological polar surface area (TPSA) is 41.1 Å². The van der Waals surface area contributed by atoms with Crippen molar-refractivity contribution in [3.63, 3.8) is 0 Å². The molecule has 3 rings (SSSR count). The Morgan fingerprint density at radius 2 is 1.94 bits per heavy atom. The number of rotatable bonds is 0. The van der Waals surface area contributed by atoms with E-state index in [1.54, 1.807) is 0 Å². The molecule has 0 spiro atoms. The lowest BCUT2D eigenvalue weighted by Gasteiger charge is -2.22. The third-order valence-electron chi connectivity index (χ3n) is 3.93. The van der Waals surface area contributed by atoms with Crippen molar-refractivity contribution in [2.45, 2.75) is 38.1 Å². The number of carbonyl (C=O) groups is 1. The fraction of sp³-hybridized carbons (Fsp3) is 0.500. The van der Waals surface area contributed by atoms with Gasteiger partial charge in [0.2, 0.25) is 5.91 Å². The number of hydrogen-bond acceptors (Lipinski definition) is 2. The van der Waals surface area contributed by atoms with Crippen molar-refractivity contribution in [2.75, 3.05) is 10.6 Å². The fourth-order valence-corrected chi connectivity index (χ4v) is 3.14. The monoisotopic (exact) mass is 264 g/mol. The fourth-order valence-electron chi connectivity index (χ4n) is 2.96. The van der Waals surface area contributed by atoms with Crippen LogP contribution in [0.2, 0.25) is 5.02 Å². The van der Waals surface area contributed by atoms with Gasteiger partial charge in [0.15, 0.2) is 0 Å². The molecule has 2 aliphatic rings. The lowest BCUT2D eigenvalue weighted by atomic mass is 9.94. The zero-order valence-electron chi connectivity index (χ0n) is 10.2. The molecule has 0 radical (unpaired) electrons. The average molecular weight is 265 g/mol. The van der Waals surface area contributed by atoms with Crippen LogP contribution in [-0.4, -0.2) is 11.9 Å². The van der Waals surface area contributed by atoms with Crippen molar-refractivity contribution in [3.8, 4) is 0 Å². The van der Waals surface area contributed by atoms with Gasteiger partial charge in [0.1, 0.15) is 0 Å². The van der Waals surface area contributed by atoms with E-state index in [0.29, 0.717) is 5.02 Å². The smallest absolute Gasteiger partial charge is 0.229 e. The summed E-state index contributed by atoms with van der Waals surface area (Å²) in [7, 11) is 0. The Hall–Kier alpha value is -1.22. The van der Waals surface area contributed by atoms with Crippen molar-refractivity contribution < 1.29 is 4.79 Å². The number of fused-ring (bicyclic) bond motifs is 2. The minimum Gasteiger partial charge on any atom is -0.380 e.